The summed E-state index contributed by atoms with van der Waals surface area (Å²) in [4.78, 5) is 0. The molecule has 2 aromatic carbocycles. The molecule has 15 heavy (non-hydrogen) atoms. The van der Waals surface area contributed by atoms with Crippen LogP contribution in [0.15, 0.2) is 30.3 Å². The smallest absolute Gasteiger partial charge is 0.00361 e. The van der Waals surface area contributed by atoms with E-state index >= 15 is 0 Å². The zero-order chi connectivity index (χ0) is 10.3. The van der Waals surface area contributed by atoms with Crippen molar-refractivity contribution in [2.45, 2.75) is 19.8 Å². The van der Waals surface area contributed by atoms with E-state index in [0.29, 0.717) is 0 Å². The van der Waals surface area contributed by atoms with Gasteiger partial charge in [0.05, 0.1) is 0 Å². The first-order chi connectivity index (χ1) is 7.40. The summed E-state index contributed by atoms with van der Waals surface area (Å²) in [6, 6.07) is 11.1. The Morgan fingerprint density at radius 3 is 2.53 bits per heavy atom. The molecule has 0 radical (unpaired) electrons. The van der Waals surface area contributed by atoms with Crippen molar-refractivity contribution in [1.82, 2.24) is 0 Å². The van der Waals surface area contributed by atoms with E-state index in [4.69, 9.17) is 0 Å². The normalized spacial score (nSPS) is 12.6. The number of hydrogen-bond donors (Lipinski definition) is 0. The van der Waals surface area contributed by atoms with Gasteiger partial charge < -0.3 is 0 Å². The highest BCUT2D eigenvalue weighted by Gasteiger charge is 2.10. The van der Waals surface area contributed by atoms with Crippen LogP contribution < -0.4 is 0 Å². The van der Waals surface area contributed by atoms with Crippen molar-refractivity contribution in [2.24, 2.45) is 0 Å². The Morgan fingerprint density at radius 2 is 1.73 bits per heavy atom. The zero-order valence-electron chi connectivity index (χ0n) is 8.96. The van der Waals surface area contributed by atoms with E-state index in [1.807, 2.05) is 0 Å². The summed E-state index contributed by atoms with van der Waals surface area (Å²) in [5.74, 6) is 0. The van der Waals surface area contributed by atoms with Crippen LogP contribution in [-0.4, -0.2) is 0 Å². The van der Waals surface area contributed by atoms with Gasteiger partial charge in [-0.3, -0.25) is 0 Å². The Kier molecular flexibility index (Phi) is 1.88. The van der Waals surface area contributed by atoms with Crippen molar-refractivity contribution < 1.29 is 0 Å². The molecule has 3 rings (SSSR count). The fraction of sp³-hybridized carbons (Fsp3) is 0.200. The maximum absolute atomic E-state index is 2.28. The van der Waals surface area contributed by atoms with Gasteiger partial charge in [-0.2, -0.15) is 0 Å². The highest BCUT2D eigenvalue weighted by Crippen LogP contribution is 2.33. The van der Waals surface area contributed by atoms with Gasteiger partial charge >= 0.3 is 0 Å². The van der Waals surface area contributed by atoms with Crippen molar-refractivity contribution in [1.29, 1.82) is 0 Å². The maximum Gasteiger partial charge on any atom is -0.00361 e. The van der Waals surface area contributed by atoms with Gasteiger partial charge in [0, 0.05) is 0 Å². The van der Waals surface area contributed by atoms with Crippen molar-refractivity contribution >= 4 is 22.9 Å². The van der Waals surface area contributed by atoms with Crippen LogP contribution in [0.4, 0.5) is 0 Å². The number of benzene rings is 2. The van der Waals surface area contributed by atoms with Crippen LogP contribution >= 0.6 is 0 Å². The number of rotatable bonds is 2. The summed E-state index contributed by atoms with van der Waals surface area (Å²) in [5, 5.41) is 2.89. The lowest BCUT2D eigenvalue weighted by molar-refractivity contribution is 0.929. The van der Waals surface area contributed by atoms with E-state index in [1.54, 1.807) is 0 Å². The molecule has 0 N–H and O–H groups in total. The molecule has 1 aliphatic carbocycles. The topological polar surface area (TPSA) is 0 Å². The average molecular weight is 194 g/mol. The minimum atomic E-state index is 1.18. The molecule has 0 heteroatoms. The fourth-order valence-corrected chi connectivity index (χ4v) is 2.47. The molecular formula is C15H14. The molecule has 0 spiro atoms. The molecule has 0 bridgehead atoms. The third-order valence-corrected chi connectivity index (χ3v) is 3.16. The monoisotopic (exact) mass is 194 g/mol. The molecule has 2 aromatic rings. The molecule has 0 heterocycles. The summed E-state index contributed by atoms with van der Waals surface area (Å²) < 4.78 is 0. The second kappa shape index (κ2) is 3.23. The van der Waals surface area contributed by atoms with Crippen LogP contribution in [0.3, 0.4) is 0 Å². The van der Waals surface area contributed by atoms with Crippen molar-refractivity contribution in [3.05, 3.63) is 47.0 Å². The van der Waals surface area contributed by atoms with Crippen LogP contribution in [0, 0.1) is 0 Å². The molecule has 74 valence electrons. The average Bonchev–Trinajstić information content (AvgIpc) is 2.68. The highest BCUT2D eigenvalue weighted by atomic mass is 14.1. The predicted molar refractivity (Wildman–Crippen MR) is 66.9 cm³/mol. The van der Waals surface area contributed by atoms with Gasteiger partial charge in [-0.15, -0.1) is 0 Å². The molecule has 0 saturated carbocycles. The van der Waals surface area contributed by atoms with Crippen LogP contribution in [0.2, 0.25) is 0 Å². The van der Waals surface area contributed by atoms with Gasteiger partial charge in [0.2, 0.25) is 0 Å². The first-order valence-corrected chi connectivity index (χ1v) is 5.63. The largest absolute Gasteiger partial charge is 0.0651 e. The van der Waals surface area contributed by atoms with Gasteiger partial charge in [0.15, 0.2) is 0 Å². The molecule has 1 aliphatic rings. The van der Waals surface area contributed by atoms with Gasteiger partial charge in [0.25, 0.3) is 0 Å². The highest BCUT2D eigenvalue weighted by molar-refractivity contribution is 6.05. The zero-order valence-corrected chi connectivity index (χ0v) is 8.96. The van der Waals surface area contributed by atoms with Gasteiger partial charge in [-0.25, -0.2) is 0 Å². The van der Waals surface area contributed by atoms with E-state index < -0.39 is 0 Å². The molecular weight excluding hydrogens is 180 g/mol. The summed E-state index contributed by atoms with van der Waals surface area (Å²) in [6.07, 6.45) is 6.83. The number of aryl methyl sites for hydroxylation is 1. The minimum absolute atomic E-state index is 1.18. The Hall–Kier alpha value is -1.56. The molecule has 0 aromatic heterocycles. The molecule has 0 nitrogen and oxygen atoms in total. The molecule has 0 fully saturated rings. The SMILES string of the molecule is CCCc1ccc2c3c(cccc13)C=C2. The lowest BCUT2D eigenvalue weighted by Gasteiger charge is -2.07. The van der Waals surface area contributed by atoms with E-state index in [0.717, 1.165) is 0 Å². The van der Waals surface area contributed by atoms with Crippen molar-refractivity contribution in [3.8, 4) is 0 Å². The van der Waals surface area contributed by atoms with Crippen LogP contribution in [0.25, 0.3) is 22.9 Å². The van der Waals surface area contributed by atoms with Gasteiger partial charge in [-0.05, 0) is 33.9 Å². The number of hydrogen-bond acceptors (Lipinski definition) is 0. The summed E-state index contributed by atoms with van der Waals surface area (Å²) in [6.45, 7) is 2.24. The van der Waals surface area contributed by atoms with Crippen LogP contribution in [-0.2, 0) is 6.42 Å². The molecule has 0 aliphatic heterocycles. The summed E-state index contributed by atoms with van der Waals surface area (Å²) in [7, 11) is 0. The fourth-order valence-electron chi connectivity index (χ4n) is 2.47. The third kappa shape index (κ3) is 1.21. The Morgan fingerprint density at radius 1 is 0.933 bits per heavy atom. The predicted octanol–water partition coefficient (Wildman–Crippen LogP) is 4.28. The summed E-state index contributed by atoms with van der Waals surface area (Å²) in [5.41, 5.74) is 4.24. The van der Waals surface area contributed by atoms with E-state index in [9.17, 15) is 0 Å². The molecule has 0 unspecified atom stereocenters. The quantitative estimate of drug-likeness (QED) is 0.571. The third-order valence-electron chi connectivity index (χ3n) is 3.16. The second-order valence-corrected chi connectivity index (χ2v) is 4.17. The molecule has 0 atom stereocenters. The Labute approximate surface area is 90.2 Å². The minimum Gasteiger partial charge on any atom is -0.0651 e. The van der Waals surface area contributed by atoms with Crippen molar-refractivity contribution in [3.63, 3.8) is 0 Å². The van der Waals surface area contributed by atoms with Gasteiger partial charge in [-0.1, -0.05) is 55.8 Å². The van der Waals surface area contributed by atoms with Crippen LogP contribution in [0.1, 0.15) is 30.0 Å². The maximum atomic E-state index is 2.28. The van der Waals surface area contributed by atoms with Gasteiger partial charge in [0.1, 0.15) is 0 Å². The van der Waals surface area contributed by atoms with E-state index in [-0.39, 0.29) is 0 Å². The lowest BCUT2D eigenvalue weighted by atomic mass is 9.97. The first-order valence-electron chi connectivity index (χ1n) is 5.63. The van der Waals surface area contributed by atoms with Crippen LogP contribution in [0.5, 0.6) is 0 Å². The molecule has 0 saturated heterocycles. The Bertz CT molecular complexity index is 535. The first kappa shape index (κ1) is 8.72. The lowest BCUT2D eigenvalue weighted by Crippen LogP contribution is -1.87. The standard InChI is InChI=1S/C15H14/c1-2-4-11-7-8-13-10-9-12-5-3-6-14(11)15(12)13/h3,5-10H,2,4H2,1H3. The van der Waals surface area contributed by atoms with E-state index in [1.165, 1.54) is 40.3 Å². The van der Waals surface area contributed by atoms with E-state index in [2.05, 4.69) is 49.4 Å². The molecule has 0 amide bonds. The Balaban J connectivity index is 2.36. The second-order valence-electron chi connectivity index (χ2n) is 4.17. The van der Waals surface area contributed by atoms with Crippen molar-refractivity contribution in [2.75, 3.05) is 0 Å². The summed E-state index contributed by atoms with van der Waals surface area (Å²) >= 11 is 0.